The van der Waals surface area contributed by atoms with Gasteiger partial charge in [-0.05, 0) is 55.2 Å². The Bertz CT molecular complexity index is 1420. The number of nitrogens with zero attached hydrogens (tertiary/aromatic N) is 2. The fourth-order valence-electron chi connectivity index (χ4n) is 4.14. The summed E-state index contributed by atoms with van der Waals surface area (Å²) in [6.45, 7) is 4.16. The molecule has 6 nitrogen and oxygen atoms in total. The lowest BCUT2D eigenvalue weighted by molar-refractivity contribution is -0.121. The van der Waals surface area contributed by atoms with Crippen LogP contribution in [-0.2, 0) is 17.6 Å². The summed E-state index contributed by atoms with van der Waals surface area (Å²) >= 11 is 0. The Hall–Kier alpha value is -4.19. The lowest BCUT2D eigenvalue weighted by Crippen LogP contribution is -2.31. The van der Waals surface area contributed by atoms with Crippen molar-refractivity contribution in [3.05, 3.63) is 107 Å². The van der Waals surface area contributed by atoms with Gasteiger partial charge in [-0.15, -0.1) is 0 Å². The number of hydrogen-bond acceptors (Lipinski definition) is 4. The van der Waals surface area contributed by atoms with Crippen LogP contribution in [0.3, 0.4) is 0 Å². The van der Waals surface area contributed by atoms with Crippen molar-refractivity contribution < 1.29 is 9.21 Å². The zero-order valence-electron chi connectivity index (χ0n) is 19.9. The predicted octanol–water partition coefficient (Wildman–Crippen LogP) is 5.87. The average Bonchev–Trinajstić information content (AvgIpc) is 3.52. The second kappa shape index (κ2) is 9.97. The van der Waals surface area contributed by atoms with E-state index in [4.69, 9.17) is 9.40 Å². The Balaban J connectivity index is 1.27. The molecule has 2 heterocycles. The smallest absolute Gasteiger partial charge is 0.221 e. The van der Waals surface area contributed by atoms with Gasteiger partial charge in [-0.2, -0.15) is 0 Å². The summed E-state index contributed by atoms with van der Waals surface area (Å²) < 4.78 is 5.93. The summed E-state index contributed by atoms with van der Waals surface area (Å²) in [4.78, 5) is 25.4. The third-order valence-electron chi connectivity index (χ3n) is 6.27. The van der Waals surface area contributed by atoms with Crippen LogP contribution in [0, 0.1) is 13.8 Å². The van der Waals surface area contributed by atoms with Crippen LogP contribution < -0.4 is 5.32 Å². The molecule has 5 aromatic rings. The highest BCUT2D eigenvalue weighted by molar-refractivity contribution is 5.77. The van der Waals surface area contributed by atoms with Crippen LogP contribution in [0.4, 0.5) is 0 Å². The van der Waals surface area contributed by atoms with Gasteiger partial charge in [-0.3, -0.25) is 4.79 Å². The van der Waals surface area contributed by atoms with Gasteiger partial charge in [0.1, 0.15) is 5.82 Å². The average molecular weight is 465 g/mol. The van der Waals surface area contributed by atoms with E-state index in [2.05, 4.69) is 53.4 Å². The van der Waals surface area contributed by atoms with E-state index in [1.165, 1.54) is 11.1 Å². The Kier molecular flexibility index (Phi) is 6.44. The minimum absolute atomic E-state index is 0.0719. The summed E-state index contributed by atoms with van der Waals surface area (Å²) in [7, 11) is 0. The van der Waals surface area contributed by atoms with Gasteiger partial charge in [-0.1, -0.05) is 54.6 Å². The summed E-state index contributed by atoms with van der Waals surface area (Å²) in [5.74, 6) is 1.94. The molecule has 0 aliphatic rings. The molecule has 0 unspecified atom stereocenters. The number of benzene rings is 3. The molecule has 2 N–H and O–H groups in total. The molecular formula is C29H28N4O2. The highest BCUT2D eigenvalue weighted by Crippen LogP contribution is 2.24. The van der Waals surface area contributed by atoms with E-state index in [0.29, 0.717) is 24.5 Å². The first kappa shape index (κ1) is 22.6. The second-order valence-electron chi connectivity index (χ2n) is 8.87. The summed E-state index contributed by atoms with van der Waals surface area (Å²) in [5.41, 5.74) is 6.39. The largest absolute Gasteiger partial charge is 0.441 e. The maximum absolute atomic E-state index is 12.9. The number of para-hydroxylation sites is 2. The number of hydrogen-bond donors (Lipinski definition) is 2. The molecule has 5 rings (SSSR count). The SMILES string of the molecule is Cc1ccc(-c2cnc(CCC(=O)N[C@@H](Cc3ccccc3)c3nc4ccccc4[nH]3)o2)cc1C. The van der Waals surface area contributed by atoms with Crippen molar-refractivity contribution in [1.82, 2.24) is 20.3 Å². The quantitative estimate of drug-likeness (QED) is 0.301. The van der Waals surface area contributed by atoms with Gasteiger partial charge in [-0.25, -0.2) is 9.97 Å². The number of imidazole rings is 1. The molecule has 0 aliphatic carbocycles. The van der Waals surface area contributed by atoms with E-state index in [1.807, 2.05) is 48.5 Å². The van der Waals surface area contributed by atoms with E-state index in [0.717, 1.165) is 28.0 Å². The van der Waals surface area contributed by atoms with Crippen LogP contribution in [0.2, 0.25) is 0 Å². The fourth-order valence-corrected chi connectivity index (χ4v) is 4.14. The van der Waals surface area contributed by atoms with Crippen LogP contribution in [-0.4, -0.2) is 20.9 Å². The molecular weight excluding hydrogens is 436 g/mol. The zero-order chi connectivity index (χ0) is 24.2. The van der Waals surface area contributed by atoms with Crippen molar-refractivity contribution in [1.29, 1.82) is 0 Å². The number of fused-ring (bicyclic) bond motifs is 1. The topological polar surface area (TPSA) is 83.8 Å². The molecule has 0 fully saturated rings. The highest BCUT2D eigenvalue weighted by Gasteiger charge is 2.20. The second-order valence-corrected chi connectivity index (χ2v) is 8.87. The number of nitrogens with one attached hydrogen (secondary N) is 2. The van der Waals surface area contributed by atoms with Crippen molar-refractivity contribution in [2.45, 2.75) is 39.2 Å². The molecule has 0 radical (unpaired) electrons. The fraction of sp³-hybridized carbons (Fsp3) is 0.207. The number of amides is 1. The van der Waals surface area contributed by atoms with Crippen LogP contribution in [0.1, 0.15) is 40.9 Å². The van der Waals surface area contributed by atoms with E-state index in [-0.39, 0.29) is 18.4 Å². The summed E-state index contributed by atoms with van der Waals surface area (Å²) in [6, 6.07) is 23.9. The maximum atomic E-state index is 12.9. The summed E-state index contributed by atoms with van der Waals surface area (Å²) in [5, 5.41) is 3.16. The Labute approximate surface area is 204 Å². The van der Waals surface area contributed by atoms with Crippen LogP contribution in [0.15, 0.2) is 83.4 Å². The van der Waals surface area contributed by atoms with Crippen molar-refractivity contribution >= 4 is 16.9 Å². The Morgan fingerprint density at radius 3 is 2.60 bits per heavy atom. The van der Waals surface area contributed by atoms with Crippen molar-refractivity contribution in [3.8, 4) is 11.3 Å². The van der Waals surface area contributed by atoms with Gasteiger partial charge in [0.2, 0.25) is 5.91 Å². The standard InChI is InChI=1S/C29H28N4O2/c1-19-12-13-22(16-20(19)2)26-18-30-28(35-26)15-14-27(34)31-25(17-21-8-4-3-5-9-21)29-32-23-10-6-7-11-24(23)33-29/h3-13,16,18,25H,14-15,17H2,1-2H3,(H,31,34)(H,32,33)/t25-/m0/s1. The molecule has 3 aromatic carbocycles. The van der Waals surface area contributed by atoms with Crippen molar-refractivity contribution in [3.63, 3.8) is 0 Å². The van der Waals surface area contributed by atoms with E-state index in [9.17, 15) is 4.79 Å². The first-order chi connectivity index (χ1) is 17.0. The number of oxazole rings is 1. The zero-order valence-corrected chi connectivity index (χ0v) is 19.9. The highest BCUT2D eigenvalue weighted by atomic mass is 16.4. The van der Waals surface area contributed by atoms with Gasteiger partial charge in [0.05, 0.1) is 23.3 Å². The number of aromatic nitrogens is 3. The monoisotopic (exact) mass is 464 g/mol. The maximum Gasteiger partial charge on any atom is 0.221 e. The van der Waals surface area contributed by atoms with Gasteiger partial charge >= 0.3 is 0 Å². The first-order valence-corrected chi connectivity index (χ1v) is 11.9. The first-order valence-electron chi connectivity index (χ1n) is 11.9. The Morgan fingerprint density at radius 1 is 1.00 bits per heavy atom. The third-order valence-corrected chi connectivity index (χ3v) is 6.27. The molecule has 6 heteroatoms. The van der Waals surface area contributed by atoms with Gasteiger partial charge in [0, 0.05) is 18.4 Å². The minimum atomic E-state index is -0.270. The predicted molar refractivity (Wildman–Crippen MR) is 137 cm³/mol. The minimum Gasteiger partial charge on any atom is -0.441 e. The molecule has 35 heavy (non-hydrogen) atoms. The molecule has 0 saturated carbocycles. The van der Waals surface area contributed by atoms with Gasteiger partial charge in [0.15, 0.2) is 11.7 Å². The number of carbonyl (C=O) groups is 1. The van der Waals surface area contributed by atoms with Crippen LogP contribution in [0.25, 0.3) is 22.4 Å². The molecule has 1 atom stereocenters. The van der Waals surface area contributed by atoms with Crippen LogP contribution >= 0.6 is 0 Å². The molecule has 176 valence electrons. The molecule has 2 aromatic heterocycles. The van der Waals surface area contributed by atoms with Crippen molar-refractivity contribution in [2.24, 2.45) is 0 Å². The number of carbonyl (C=O) groups excluding carboxylic acids is 1. The van der Waals surface area contributed by atoms with E-state index < -0.39 is 0 Å². The van der Waals surface area contributed by atoms with Crippen molar-refractivity contribution in [2.75, 3.05) is 0 Å². The number of rotatable bonds is 8. The Morgan fingerprint density at radius 2 is 1.80 bits per heavy atom. The van der Waals surface area contributed by atoms with E-state index >= 15 is 0 Å². The molecule has 0 saturated heterocycles. The molecule has 0 aliphatic heterocycles. The van der Waals surface area contributed by atoms with E-state index in [1.54, 1.807) is 6.20 Å². The van der Waals surface area contributed by atoms with Gasteiger partial charge in [0.25, 0.3) is 0 Å². The normalized spacial score (nSPS) is 12.1. The summed E-state index contributed by atoms with van der Waals surface area (Å²) in [6.07, 6.45) is 3.07. The third kappa shape index (κ3) is 5.32. The van der Waals surface area contributed by atoms with Crippen LogP contribution in [0.5, 0.6) is 0 Å². The van der Waals surface area contributed by atoms with Gasteiger partial charge < -0.3 is 14.7 Å². The molecule has 0 spiro atoms. The lowest BCUT2D eigenvalue weighted by Gasteiger charge is -2.17. The molecule has 1 amide bonds. The molecule has 0 bridgehead atoms. The lowest BCUT2D eigenvalue weighted by atomic mass is 10.1. The number of aromatic amines is 1. The number of H-pyrrole nitrogens is 1. The number of aryl methyl sites for hydroxylation is 3.